The lowest BCUT2D eigenvalue weighted by atomic mass is 9.97. The van der Waals surface area contributed by atoms with Crippen molar-refractivity contribution in [2.75, 3.05) is 0 Å². The third-order valence-corrected chi connectivity index (χ3v) is 3.10. The smallest absolute Gasteiger partial charge is 0.138 e. The number of Topliss-reactive ketones (excluding diaryl/α,β-unsaturated/α-hetero) is 1. The number of nitrogens with two attached hydrogens (primary N) is 1. The Bertz CT molecular complexity index is 386. The van der Waals surface area contributed by atoms with Crippen molar-refractivity contribution in [3.63, 3.8) is 0 Å². The maximum Gasteiger partial charge on any atom is 0.138 e. The molecule has 0 saturated carbocycles. The molecule has 2 nitrogen and oxygen atoms in total. The van der Waals surface area contributed by atoms with E-state index < -0.39 is 0 Å². The summed E-state index contributed by atoms with van der Waals surface area (Å²) in [5, 5.41) is 0. The van der Waals surface area contributed by atoms with Crippen LogP contribution >= 0.6 is 15.9 Å². The summed E-state index contributed by atoms with van der Waals surface area (Å²) in [6.07, 6.45) is 0.572. The van der Waals surface area contributed by atoms with Crippen LogP contribution in [0.1, 0.15) is 25.8 Å². The first kappa shape index (κ1) is 14.3. The van der Waals surface area contributed by atoms with Crippen LogP contribution < -0.4 is 5.73 Å². The number of hydrogen-bond donors (Lipinski definition) is 1. The van der Waals surface area contributed by atoms with E-state index in [-0.39, 0.29) is 30.0 Å². The number of hydrogen-bond acceptors (Lipinski definition) is 2. The Hall–Kier alpha value is -0.740. The molecule has 2 N–H and O–H groups in total. The van der Waals surface area contributed by atoms with Gasteiger partial charge in [-0.15, -0.1) is 0 Å². The fourth-order valence-electron chi connectivity index (χ4n) is 1.51. The van der Waals surface area contributed by atoms with Gasteiger partial charge in [-0.05, 0) is 29.7 Å². The van der Waals surface area contributed by atoms with Gasteiger partial charge in [0.1, 0.15) is 11.6 Å². The topological polar surface area (TPSA) is 43.1 Å². The highest BCUT2D eigenvalue weighted by atomic mass is 79.9. The number of halogens is 2. The normalized spacial score (nSPS) is 12.8. The molecule has 1 aromatic carbocycles. The third-order valence-electron chi connectivity index (χ3n) is 2.64. The average molecular weight is 302 g/mol. The van der Waals surface area contributed by atoms with Gasteiger partial charge >= 0.3 is 0 Å². The molecule has 94 valence electrons. The van der Waals surface area contributed by atoms with Crippen LogP contribution in [0.25, 0.3) is 0 Å². The molecule has 0 radical (unpaired) electrons. The summed E-state index contributed by atoms with van der Waals surface area (Å²) in [7, 11) is 0. The minimum atomic E-state index is -0.338. The Balaban J connectivity index is 2.62. The van der Waals surface area contributed by atoms with Crippen molar-refractivity contribution in [3.8, 4) is 0 Å². The zero-order chi connectivity index (χ0) is 13.0. The maximum atomic E-state index is 13.1. The zero-order valence-electron chi connectivity index (χ0n) is 10.0. The van der Waals surface area contributed by atoms with E-state index in [4.69, 9.17) is 5.73 Å². The molecule has 0 fully saturated rings. The van der Waals surface area contributed by atoms with E-state index >= 15 is 0 Å². The molecule has 4 heteroatoms. The average Bonchev–Trinajstić information content (AvgIpc) is 2.14. The van der Waals surface area contributed by atoms with Crippen molar-refractivity contribution in [1.82, 2.24) is 0 Å². The van der Waals surface area contributed by atoms with Crippen LogP contribution in [0.3, 0.4) is 0 Å². The second kappa shape index (κ2) is 6.26. The van der Waals surface area contributed by atoms with E-state index in [1.807, 2.05) is 13.8 Å². The van der Waals surface area contributed by atoms with E-state index in [1.54, 1.807) is 6.07 Å². The van der Waals surface area contributed by atoms with Crippen molar-refractivity contribution in [2.24, 2.45) is 11.7 Å². The largest absolute Gasteiger partial charge is 0.327 e. The number of carbonyl (C=O) groups excluding carboxylic acids is 1. The summed E-state index contributed by atoms with van der Waals surface area (Å²) >= 11 is 3.20. The number of benzene rings is 1. The highest BCUT2D eigenvalue weighted by Gasteiger charge is 2.13. The third kappa shape index (κ3) is 4.96. The summed E-state index contributed by atoms with van der Waals surface area (Å²) in [5.41, 5.74) is 6.51. The molecule has 1 rings (SSSR count). The Morgan fingerprint density at radius 1 is 1.41 bits per heavy atom. The summed E-state index contributed by atoms with van der Waals surface area (Å²) in [5.74, 6) is -0.0165. The van der Waals surface area contributed by atoms with Gasteiger partial charge in [-0.25, -0.2) is 4.39 Å². The number of carbonyl (C=O) groups is 1. The van der Waals surface area contributed by atoms with Crippen molar-refractivity contribution < 1.29 is 9.18 Å². The fourth-order valence-corrected chi connectivity index (χ4v) is 2.02. The molecule has 0 bridgehead atoms. The first-order valence-electron chi connectivity index (χ1n) is 5.60. The second-order valence-electron chi connectivity index (χ2n) is 4.61. The van der Waals surface area contributed by atoms with E-state index in [2.05, 4.69) is 15.9 Å². The van der Waals surface area contributed by atoms with Gasteiger partial charge in [0.25, 0.3) is 0 Å². The number of rotatable bonds is 5. The minimum Gasteiger partial charge on any atom is -0.327 e. The van der Waals surface area contributed by atoms with Crippen LogP contribution in [0.15, 0.2) is 22.7 Å². The molecule has 0 saturated heterocycles. The summed E-state index contributed by atoms with van der Waals surface area (Å²) < 4.78 is 13.7. The second-order valence-corrected chi connectivity index (χ2v) is 5.52. The monoisotopic (exact) mass is 301 g/mol. The van der Waals surface area contributed by atoms with Crippen molar-refractivity contribution >= 4 is 21.7 Å². The molecule has 1 aromatic rings. The highest BCUT2D eigenvalue weighted by molar-refractivity contribution is 9.10. The Kier molecular flexibility index (Phi) is 5.28. The molecule has 0 amide bonds. The SMILES string of the molecule is CC(C)C(N)CC(=O)Cc1cc(F)cc(Br)c1. The predicted octanol–water partition coefficient (Wildman–Crippen LogP) is 3.07. The zero-order valence-corrected chi connectivity index (χ0v) is 11.6. The van der Waals surface area contributed by atoms with Crippen molar-refractivity contribution in [2.45, 2.75) is 32.7 Å². The lowest BCUT2D eigenvalue weighted by Gasteiger charge is -2.14. The summed E-state index contributed by atoms with van der Waals surface area (Å²) in [6, 6.07) is 4.37. The van der Waals surface area contributed by atoms with Crippen LogP contribution in [-0.2, 0) is 11.2 Å². The first-order chi connectivity index (χ1) is 7.88. The molecule has 0 aliphatic rings. The van der Waals surface area contributed by atoms with Crippen LogP contribution in [-0.4, -0.2) is 11.8 Å². The molecule has 0 aliphatic heterocycles. The number of ketones is 1. The molecule has 0 spiro atoms. The quantitative estimate of drug-likeness (QED) is 0.908. The van der Waals surface area contributed by atoms with Gasteiger partial charge in [0, 0.05) is 23.4 Å². The van der Waals surface area contributed by atoms with Gasteiger partial charge in [0.15, 0.2) is 0 Å². The van der Waals surface area contributed by atoms with Crippen LogP contribution in [0.2, 0.25) is 0 Å². The van der Waals surface area contributed by atoms with Crippen molar-refractivity contribution in [3.05, 3.63) is 34.1 Å². The molecule has 1 atom stereocenters. The van der Waals surface area contributed by atoms with E-state index in [0.29, 0.717) is 16.5 Å². The lowest BCUT2D eigenvalue weighted by Crippen LogP contribution is -2.29. The van der Waals surface area contributed by atoms with Gasteiger partial charge in [-0.3, -0.25) is 4.79 Å². The first-order valence-corrected chi connectivity index (χ1v) is 6.40. The predicted molar refractivity (Wildman–Crippen MR) is 70.2 cm³/mol. The summed E-state index contributed by atoms with van der Waals surface area (Å²) in [4.78, 5) is 11.7. The highest BCUT2D eigenvalue weighted by Crippen LogP contribution is 2.16. The van der Waals surface area contributed by atoms with Gasteiger partial charge < -0.3 is 5.73 Å². The minimum absolute atomic E-state index is 0.0451. The summed E-state index contributed by atoms with van der Waals surface area (Å²) in [6.45, 7) is 3.97. The molecule has 0 aromatic heterocycles. The van der Waals surface area contributed by atoms with E-state index in [0.717, 1.165) is 0 Å². The van der Waals surface area contributed by atoms with Crippen molar-refractivity contribution in [1.29, 1.82) is 0 Å². The van der Waals surface area contributed by atoms with E-state index in [1.165, 1.54) is 12.1 Å². The Labute approximate surface area is 110 Å². The Morgan fingerprint density at radius 2 is 2.06 bits per heavy atom. The van der Waals surface area contributed by atoms with E-state index in [9.17, 15) is 9.18 Å². The van der Waals surface area contributed by atoms with Gasteiger partial charge in [0.2, 0.25) is 0 Å². The van der Waals surface area contributed by atoms with Crippen LogP contribution in [0.5, 0.6) is 0 Å². The van der Waals surface area contributed by atoms with Crippen LogP contribution in [0.4, 0.5) is 4.39 Å². The van der Waals surface area contributed by atoms with Gasteiger partial charge in [-0.1, -0.05) is 29.8 Å². The molecule has 0 heterocycles. The van der Waals surface area contributed by atoms with Crippen LogP contribution in [0, 0.1) is 11.7 Å². The lowest BCUT2D eigenvalue weighted by molar-refractivity contribution is -0.118. The standard InChI is InChI=1S/C13H17BrFNO/c1-8(2)13(16)7-12(17)5-9-3-10(14)6-11(15)4-9/h3-4,6,8,13H,5,7,16H2,1-2H3. The molecule has 1 unspecified atom stereocenters. The van der Waals surface area contributed by atoms with Gasteiger partial charge in [0.05, 0.1) is 0 Å². The fraction of sp³-hybridized carbons (Fsp3) is 0.462. The van der Waals surface area contributed by atoms with Gasteiger partial charge in [-0.2, -0.15) is 0 Å². The molecule has 17 heavy (non-hydrogen) atoms. The molecular weight excluding hydrogens is 285 g/mol. The Morgan fingerprint density at radius 3 is 2.59 bits per heavy atom. The molecule has 0 aliphatic carbocycles. The maximum absolute atomic E-state index is 13.1. The molecular formula is C13H17BrFNO.